The van der Waals surface area contributed by atoms with E-state index in [9.17, 15) is 9.90 Å². The minimum absolute atomic E-state index is 0.0824. The highest BCUT2D eigenvalue weighted by molar-refractivity contribution is 9.13. The van der Waals surface area contributed by atoms with Crippen molar-refractivity contribution in [2.75, 3.05) is 0 Å². The van der Waals surface area contributed by atoms with Crippen molar-refractivity contribution in [3.05, 3.63) is 47.4 Å². The highest BCUT2D eigenvalue weighted by Gasteiger charge is 2.11. The molecule has 2 aromatic rings. The van der Waals surface area contributed by atoms with Crippen molar-refractivity contribution in [2.45, 2.75) is 0 Å². The number of halogens is 3. The number of hydrazone groups is 1. The fourth-order valence-electron chi connectivity index (χ4n) is 1.30. The number of amides is 1. The molecule has 1 aromatic heterocycles. The summed E-state index contributed by atoms with van der Waals surface area (Å²) in [5.41, 5.74) is 2.92. The minimum Gasteiger partial charge on any atom is -0.507 e. The number of phenolic OH excluding ortho intramolecular Hbond substituents is 1. The first-order valence-corrected chi connectivity index (χ1v) is 8.43. The molecule has 0 bridgehead atoms. The number of hydrogen-bond donors (Lipinski definition) is 2. The van der Waals surface area contributed by atoms with Gasteiger partial charge in [-0.3, -0.25) is 4.79 Å². The van der Waals surface area contributed by atoms with Gasteiger partial charge in [-0.2, -0.15) is 5.10 Å². The summed E-state index contributed by atoms with van der Waals surface area (Å²) in [6.07, 6.45) is 1.39. The van der Waals surface area contributed by atoms with Gasteiger partial charge in [0.2, 0.25) is 0 Å². The Labute approximate surface area is 144 Å². The molecule has 2 N–H and O–H groups in total. The normalized spacial score (nSPS) is 10.9. The summed E-state index contributed by atoms with van der Waals surface area (Å²) in [4.78, 5) is 12.3. The van der Waals surface area contributed by atoms with E-state index in [0.717, 1.165) is 12.7 Å². The first-order valence-electron chi connectivity index (χ1n) is 5.24. The zero-order valence-electron chi connectivity index (χ0n) is 9.73. The summed E-state index contributed by atoms with van der Waals surface area (Å²) in [7, 11) is 0. The van der Waals surface area contributed by atoms with Crippen LogP contribution in [0.5, 0.6) is 5.75 Å². The van der Waals surface area contributed by atoms with Gasteiger partial charge >= 0.3 is 0 Å². The summed E-state index contributed by atoms with van der Waals surface area (Å²) in [6, 6.07) is 6.72. The Kier molecular flexibility index (Phi) is 5.36. The predicted molar refractivity (Wildman–Crippen MR) is 90.6 cm³/mol. The van der Waals surface area contributed by atoms with E-state index in [1.165, 1.54) is 17.6 Å². The third kappa shape index (κ3) is 3.91. The van der Waals surface area contributed by atoms with Crippen LogP contribution in [0.25, 0.3) is 0 Å². The minimum atomic E-state index is -0.311. The molecular formula is C12H7Br3N2O2S. The maximum absolute atomic E-state index is 11.8. The summed E-state index contributed by atoms with van der Waals surface area (Å²) >= 11 is 11.2. The molecule has 0 aliphatic rings. The smallest absolute Gasteiger partial charge is 0.281 e. The van der Waals surface area contributed by atoms with Gasteiger partial charge in [-0.15, -0.1) is 11.3 Å². The van der Waals surface area contributed by atoms with E-state index in [2.05, 4.69) is 58.3 Å². The third-order valence-electron chi connectivity index (χ3n) is 2.23. The van der Waals surface area contributed by atoms with Gasteiger partial charge in [-0.05, 0) is 56.1 Å². The van der Waals surface area contributed by atoms with Crippen LogP contribution in [-0.2, 0) is 0 Å². The lowest BCUT2D eigenvalue weighted by Crippen LogP contribution is -2.16. The van der Waals surface area contributed by atoms with Crippen molar-refractivity contribution in [1.29, 1.82) is 0 Å². The van der Waals surface area contributed by atoms with Gasteiger partial charge in [0.15, 0.2) is 0 Å². The SMILES string of the molecule is O=C(N/N=C/c1ccc(Br)cc1O)c1cc(Br)c(Br)s1. The largest absolute Gasteiger partial charge is 0.507 e. The Morgan fingerprint density at radius 2 is 2.05 bits per heavy atom. The van der Waals surface area contributed by atoms with Gasteiger partial charge in [0.25, 0.3) is 5.91 Å². The van der Waals surface area contributed by atoms with E-state index in [0.29, 0.717) is 10.4 Å². The molecule has 1 amide bonds. The average molecular weight is 483 g/mol. The number of nitrogens with one attached hydrogen (secondary N) is 1. The number of rotatable bonds is 3. The number of phenols is 1. The van der Waals surface area contributed by atoms with E-state index in [1.54, 1.807) is 24.3 Å². The Balaban J connectivity index is 2.04. The molecule has 0 fully saturated rings. The fraction of sp³-hybridized carbons (Fsp3) is 0. The molecule has 0 spiro atoms. The Hall–Kier alpha value is -0.700. The van der Waals surface area contributed by atoms with Crippen LogP contribution in [0.1, 0.15) is 15.2 Å². The number of carbonyl (C=O) groups excluding carboxylic acids is 1. The molecule has 0 unspecified atom stereocenters. The monoisotopic (exact) mass is 480 g/mol. The van der Waals surface area contributed by atoms with Crippen LogP contribution in [-0.4, -0.2) is 17.2 Å². The third-order valence-corrected chi connectivity index (χ3v) is 5.98. The second-order valence-corrected chi connectivity index (χ2v) is 7.77. The molecule has 0 saturated heterocycles. The van der Waals surface area contributed by atoms with Crippen molar-refractivity contribution < 1.29 is 9.90 Å². The van der Waals surface area contributed by atoms with E-state index < -0.39 is 0 Å². The molecule has 2 rings (SSSR count). The lowest BCUT2D eigenvalue weighted by molar-refractivity contribution is 0.0959. The van der Waals surface area contributed by atoms with Crippen LogP contribution in [0.15, 0.2) is 42.1 Å². The number of nitrogens with zero attached hydrogens (tertiary/aromatic N) is 1. The number of carbonyl (C=O) groups is 1. The molecule has 0 saturated carbocycles. The molecular weight excluding hydrogens is 476 g/mol. The average Bonchev–Trinajstić information content (AvgIpc) is 2.72. The second-order valence-electron chi connectivity index (χ2n) is 3.63. The van der Waals surface area contributed by atoms with Gasteiger partial charge in [0.05, 0.1) is 14.9 Å². The van der Waals surface area contributed by atoms with E-state index in [4.69, 9.17) is 0 Å². The van der Waals surface area contributed by atoms with Crippen LogP contribution in [0.2, 0.25) is 0 Å². The van der Waals surface area contributed by atoms with Crippen LogP contribution in [0, 0.1) is 0 Å². The number of aromatic hydroxyl groups is 1. The summed E-state index contributed by atoms with van der Waals surface area (Å²) < 4.78 is 2.43. The summed E-state index contributed by atoms with van der Waals surface area (Å²) in [5.74, 6) is -0.228. The number of benzene rings is 1. The highest BCUT2D eigenvalue weighted by Crippen LogP contribution is 2.32. The molecule has 1 heterocycles. The molecule has 0 radical (unpaired) electrons. The van der Waals surface area contributed by atoms with Crippen molar-refractivity contribution in [3.63, 3.8) is 0 Å². The van der Waals surface area contributed by atoms with Gasteiger partial charge in [0, 0.05) is 14.5 Å². The molecule has 4 nitrogen and oxygen atoms in total. The van der Waals surface area contributed by atoms with Crippen LogP contribution in [0.4, 0.5) is 0 Å². The Bertz CT molecular complexity index is 666. The predicted octanol–water partition coefficient (Wildman–Crippen LogP) is 4.51. The maximum atomic E-state index is 11.8. The fourth-order valence-corrected chi connectivity index (χ4v) is 3.57. The van der Waals surface area contributed by atoms with Crippen LogP contribution >= 0.6 is 59.1 Å². The molecule has 0 aliphatic heterocycles. The molecule has 104 valence electrons. The van der Waals surface area contributed by atoms with Gasteiger partial charge in [0.1, 0.15) is 5.75 Å². The van der Waals surface area contributed by atoms with Gasteiger partial charge in [-0.1, -0.05) is 15.9 Å². The van der Waals surface area contributed by atoms with Crippen molar-refractivity contribution >= 4 is 71.2 Å². The van der Waals surface area contributed by atoms with Crippen molar-refractivity contribution in [3.8, 4) is 5.75 Å². The van der Waals surface area contributed by atoms with Crippen molar-refractivity contribution in [1.82, 2.24) is 5.43 Å². The Morgan fingerprint density at radius 1 is 1.30 bits per heavy atom. The zero-order chi connectivity index (χ0) is 14.7. The Morgan fingerprint density at radius 3 is 2.65 bits per heavy atom. The van der Waals surface area contributed by atoms with E-state index in [-0.39, 0.29) is 11.7 Å². The van der Waals surface area contributed by atoms with Gasteiger partial charge in [-0.25, -0.2) is 5.43 Å². The lowest BCUT2D eigenvalue weighted by atomic mass is 10.2. The highest BCUT2D eigenvalue weighted by atomic mass is 79.9. The summed E-state index contributed by atoms with van der Waals surface area (Å²) in [6.45, 7) is 0. The number of hydrogen-bond acceptors (Lipinski definition) is 4. The second kappa shape index (κ2) is 6.84. The van der Waals surface area contributed by atoms with Crippen molar-refractivity contribution in [2.24, 2.45) is 5.10 Å². The number of thiophene rings is 1. The maximum Gasteiger partial charge on any atom is 0.281 e. The van der Waals surface area contributed by atoms with Gasteiger partial charge < -0.3 is 5.11 Å². The molecule has 0 atom stereocenters. The van der Waals surface area contributed by atoms with E-state index >= 15 is 0 Å². The molecule has 0 aliphatic carbocycles. The van der Waals surface area contributed by atoms with E-state index in [1.807, 2.05) is 0 Å². The molecule has 1 aromatic carbocycles. The van der Waals surface area contributed by atoms with Crippen LogP contribution in [0.3, 0.4) is 0 Å². The topological polar surface area (TPSA) is 61.7 Å². The quantitative estimate of drug-likeness (QED) is 0.499. The summed E-state index contributed by atoms with van der Waals surface area (Å²) in [5, 5.41) is 13.5. The molecule has 8 heteroatoms. The lowest BCUT2D eigenvalue weighted by Gasteiger charge is -1.99. The first kappa shape index (κ1) is 15.7. The molecule has 20 heavy (non-hydrogen) atoms. The van der Waals surface area contributed by atoms with Crippen LogP contribution < -0.4 is 5.43 Å². The zero-order valence-corrected chi connectivity index (χ0v) is 15.3. The standard InChI is InChI=1S/C12H7Br3N2O2S/c13-7-2-1-6(9(18)3-7)5-16-17-12(19)10-4-8(14)11(15)20-10/h1-5,18H,(H,17,19)/b16-5+. The first-order chi connectivity index (χ1) is 9.47.